The Morgan fingerprint density at radius 2 is 2.05 bits per heavy atom. The largest absolute Gasteiger partial charge is 0.497 e. The molecule has 0 atom stereocenters. The number of esters is 1. The van der Waals surface area contributed by atoms with Gasteiger partial charge in [0.25, 0.3) is 5.91 Å². The lowest BCUT2D eigenvalue weighted by molar-refractivity contribution is -0.148. The summed E-state index contributed by atoms with van der Waals surface area (Å²) in [6.45, 7) is -2.25. The summed E-state index contributed by atoms with van der Waals surface area (Å²) in [6.07, 6.45) is -2.02. The molecule has 1 aromatic carbocycles. The number of ether oxygens (including phenoxy) is 2. The molecule has 8 heteroatoms. The summed E-state index contributed by atoms with van der Waals surface area (Å²) < 4.78 is 45.0. The molecule has 0 fully saturated rings. The minimum absolute atomic E-state index is 0.599. The molecule has 0 aromatic heterocycles. The van der Waals surface area contributed by atoms with Crippen LogP contribution >= 0.6 is 0 Å². The van der Waals surface area contributed by atoms with E-state index in [0.29, 0.717) is 11.3 Å². The first kappa shape index (κ1) is 17.5. The predicted molar refractivity (Wildman–Crippen MR) is 72.1 cm³/mol. The van der Waals surface area contributed by atoms with Gasteiger partial charge in [-0.25, -0.2) is 4.79 Å². The van der Waals surface area contributed by atoms with Crippen LogP contribution < -0.4 is 10.1 Å². The van der Waals surface area contributed by atoms with Gasteiger partial charge in [0.1, 0.15) is 12.3 Å². The number of halogens is 3. The Bertz CT molecular complexity index is 555. The summed E-state index contributed by atoms with van der Waals surface area (Å²) in [5.74, 6) is -1.27. The SMILES string of the molecule is COc1cccc(/C=C/C(=O)OCC(=O)NCC(F)(F)F)c1. The molecule has 1 amide bonds. The number of methoxy groups -OCH3 is 1. The zero-order valence-electron chi connectivity index (χ0n) is 11.6. The highest BCUT2D eigenvalue weighted by Crippen LogP contribution is 2.13. The number of benzene rings is 1. The summed E-state index contributed by atoms with van der Waals surface area (Å²) in [6, 6.07) is 6.82. The summed E-state index contributed by atoms with van der Waals surface area (Å²) in [5.41, 5.74) is 0.665. The molecule has 120 valence electrons. The molecule has 1 rings (SSSR count). The zero-order chi connectivity index (χ0) is 16.6. The van der Waals surface area contributed by atoms with Crippen molar-refractivity contribution in [3.05, 3.63) is 35.9 Å². The first-order chi connectivity index (χ1) is 10.3. The average Bonchev–Trinajstić information content (AvgIpc) is 2.48. The van der Waals surface area contributed by atoms with Gasteiger partial charge in [-0.05, 0) is 23.8 Å². The van der Waals surface area contributed by atoms with E-state index in [2.05, 4.69) is 4.74 Å². The maximum Gasteiger partial charge on any atom is 0.405 e. The number of hydrogen-bond acceptors (Lipinski definition) is 4. The van der Waals surface area contributed by atoms with Crippen molar-refractivity contribution in [1.29, 1.82) is 0 Å². The van der Waals surface area contributed by atoms with Gasteiger partial charge in [-0.3, -0.25) is 4.79 Å². The molecule has 0 spiro atoms. The van der Waals surface area contributed by atoms with Gasteiger partial charge in [-0.1, -0.05) is 12.1 Å². The maximum absolute atomic E-state index is 11.8. The van der Waals surface area contributed by atoms with Crippen molar-refractivity contribution in [3.8, 4) is 5.75 Å². The van der Waals surface area contributed by atoms with Gasteiger partial charge in [-0.15, -0.1) is 0 Å². The van der Waals surface area contributed by atoms with Gasteiger partial charge >= 0.3 is 12.1 Å². The molecular weight excluding hydrogens is 303 g/mol. The second-order valence-corrected chi connectivity index (χ2v) is 4.11. The van der Waals surface area contributed by atoms with Crippen LogP contribution in [0.2, 0.25) is 0 Å². The second-order valence-electron chi connectivity index (χ2n) is 4.11. The number of alkyl halides is 3. The third-order valence-electron chi connectivity index (χ3n) is 2.34. The predicted octanol–water partition coefficient (Wildman–Crippen LogP) is 1.93. The number of nitrogens with one attached hydrogen (secondary N) is 1. The lowest BCUT2D eigenvalue weighted by Gasteiger charge is -2.07. The Hall–Kier alpha value is -2.51. The van der Waals surface area contributed by atoms with Crippen molar-refractivity contribution in [3.63, 3.8) is 0 Å². The molecule has 0 radical (unpaired) electrons. The molecule has 0 heterocycles. The maximum atomic E-state index is 11.8. The fourth-order valence-corrected chi connectivity index (χ4v) is 1.34. The highest BCUT2D eigenvalue weighted by atomic mass is 19.4. The van der Waals surface area contributed by atoms with Crippen LogP contribution in [0, 0.1) is 0 Å². The van der Waals surface area contributed by atoms with Crippen molar-refractivity contribution in [2.75, 3.05) is 20.3 Å². The summed E-state index contributed by atoms with van der Waals surface area (Å²) in [7, 11) is 1.50. The minimum atomic E-state index is -4.51. The van der Waals surface area contributed by atoms with Gasteiger partial charge in [0.05, 0.1) is 7.11 Å². The molecule has 5 nitrogen and oxygen atoms in total. The third-order valence-corrected chi connectivity index (χ3v) is 2.34. The lowest BCUT2D eigenvalue weighted by Crippen LogP contribution is -2.36. The van der Waals surface area contributed by atoms with Crippen LogP contribution in [0.3, 0.4) is 0 Å². The summed E-state index contributed by atoms with van der Waals surface area (Å²) in [4.78, 5) is 22.4. The number of rotatable bonds is 6. The standard InChI is InChI=1S/C14H14F3NO4/c1-21-11-4-2-3-10(7-11)5-6-13(20)22-8-12(19)18-9-14(15,16)17/h2-7H,8-9H2,1H3,(H,18,19)/b6-5+. The quantitative estimate of drug-likeness (QED) is 0.643. The Balaban J connectivity index is 2.39. The fourth-order valence-electron chi connectivity index (χ4n) is 1.34. The van der Waals surface area contributed by atoms with E-state index in [-0.39, 0.29) is 0 Å². The summed E-state index contributed by atoms with van der Waals surface area (Å²) >= 11 is 0. The first-order valence-electron chi connectivity index (χ1n) is 6.12. The average molecular weight is 317 g/mol. The van der Waals surface area contributed by atoms with Crippen LogP contribution in [-0.2, 0) is 14.3 Å². The first-order valence-corrected chi connectivity index (χ1v) is 6.12. The Morgan fingerprint density at radius 1 is 1.32 bits per heavy atom. The van der Waals surface area contributed by atoms with Crippen LogP contribution in [0.1, 0.15) is 5.56 Å². The van der Waals surface area contributed by atoms with E-state index in [4.69, 9.17) is 4.74 Å². The highest BCUT2D eigenvalue weighted by molar-refractivity contribution is 5.89. The van der Waals surface area contributed by atoms with E-state index in [1.807, 2.05) is 0 Å². The topological polar surface area (TPSA) is 64.6 Å². The molecule has 1 aromatic rings. The van der Waals surface area contributed by atoms with E-state index >= 15 is 0 Å². The molecule has 0 aliphatic heterocycles. The van der Waals surface area contributed by atoms with Crippen molar-refractivity contribution < 1.29 is 32.2 Å². The van der Waals surface area contributed by atoms with Crippen LogP contribution in [-0.4, -0.2) is 38.3 Å². The Morgan fingerprint density at radius 3 is 2.68 bits per heavy atom. The number of amides is 1. The third kappa shape index (κ3) is 7.32. The monoisotopic (exact) mass is 317 g/mol. The highest BCUT2D eigenvalue weighted by Gasteiger charge is 2.27. The molecule has 1 N–H and O–H groups in total. The molecule has 0 saturated heterocycles. The van der Waals surface area contributed by atoms with Crippen LogP contribution in [0.4, 0.5) is 13.2 Å². The van der Waals surface area contributed by atoms with E-state index in [1.54, 1.807) is 29.6 Å². The van der Waals surface area contributed by atoms with Crippen LogP contribution in [0.15, 0.2) is 30.3 Å². The second kappa shape index (κ2) is 8.06. The smallest absolute Gasteiger partial charge is 0.405 e. The Kier molecular flexibility index (Phi) is 6.43. The molecule has 0 aliphatic rings. The van der Waals surface area contributed by atoms with Gasteiger partial charge < -0.3 is 14.8 Å². The zero-order valence-corrected chi connectivity index (χ0v) is 11.6. The van der Waals surface area contributed by atoms with Crippen molar-refractivity contribution in [2.24, 2.45) is 0 Å². The lowest BCUT2D eigenvalue weighted by atomic mass is 10.2. The minimum Gasteiger partial charge on any atom is -0.497 e. The van der Waals surface area contributed by atoms with E-state index in [0.717, 1.165) is 6.08 Å². The van der Waals surface area contributed by atoms with Gasteiger partial charge in [0, 0.05) is 6.08 Å². The fraction of sp³-hybridized carbons (Fsp3) is 0.286. The van der Waals surface area contributed by atoms with Crippen molar-refractivity contribution in [2.45, 2.75) is 6.18 Å². The number of hydrogen-bond donors (Lipinski definition) is 1. The Labute approximate surface area is 124 Å². The van der Waals surface area contributed by atoms with Gasteiger partial charge in [0.15, 0.2) is 6.61 Å². The van der Waals surface area contributed by atoms with Crippen LogP contribution in [0.25, 0.3) is 6.08 Å². The number of carbonyl (C=O) groups is 2. The normalized spacial score (nSPS) is 11.3. The van der Waals surface area contributed by atoms with Gasteiger partial charge in [0.2, 0.25) is 0 Å². The molecule has 0 bridgehead atoms. The molecular formula is C14H14F3NO4. The van der Waals surface area contributed by atoms with Crippen LogP contribution in [0.5, 0.6) is 5.75 Å². The number of carbonyl (C=O) groups excluding carboxylic acids is 2. The van der Waals surface area contributed by atoms with Crippen molar-refractivity contribution in [1.82, 2.24) is 5.32 Å². The molecule has 0 unspecified atom stereocenters. The van der Waals surface area contributed by atoms with Gasteiger partial charge in [-0.2, -0.15) is 13.2 Å². The molecule has 22 heavy (non-hydrogen) atoms. The molecule has 0 aliphatic carbocycles. The molecule has 0 saturated carbocycles. The van der Waals surface area contributed by atoms with E-state index in [9.17, 15) is 22.8 Å². The van der Waals surface area contributed by atoms with Crippen molar-refractivity contribution >= 4 is 18.0 Å². The summed E-state index contributed by atoms with van der Waals surface area (Å²) in [5, 5.41) is 1.59. The van der Waals surface area contributed by atoms with E-state index < -0.39 is 31.2 Å². The van der Waals surface area contributed by atoms with E-state index in [1.165, 1.54) is 13.2 Å².